The van der Waals surface area contributed by atoms with Gasteiger partial charge in [0.15, 0.2) is 24.8 Å². The van der Waals surface area contributed by atoms with Gasteiger partial charge in [-0.3, -0.25) is 0 Å². The maximum Gasteiger partial charge on any atom is 0.218 e. The van der Waals surface area contributed by atoms with Gasteiger partial charge >= 0.3 is 0 Å². The monoisotopic (exact) mass is 422 g/mol. The molecule has 0 spiro atoms. The molecule has 0 aliphatic rings. The van der Waals surface area contributed by atoms with E-state index in [9.17, 15) is 0 Å². The second-order valence-corrected chi connectivity index (χ2v) is 8.82. The van der Waals surface area contributed by atoms with Gasteiger partial charge in [0, 0.05) is 35.7 Å². The third kappa shape index (κ3) is 2.68. The van der Waals surface area contributed by atoms with Crippen LogP contribution >= 0.6 is 0 Å². The fourth-order valence-corrected chi connectivity index (χ4v) is 5.33. The third-order valence-corrected chi connectivity index (χ3v) is 6.92. The van der Waals surface area contributed by atoms with E-state index >= 15 is 0 Å². The molecule has 0 unspecified atom stereocenters. The first-order valence-electron chi connectivity index (χ1n) is 11.3. The molecular weight excluding hydrogens is 400 g/mol. The van der Waals surface area contributed by atoms with Crippen molar-refractivity contribution in [2.75, 3.05) is 0 Å². The van der Waals surface area contributed by atoms with Crippen molar-refractivity contribution >= 4 is 43.1 Å². The van der Waals surface area contributed by atoms with E-state index in [-0.39, 0.29) is 0 Å². The fourth-order valence-electron chi connectivity index (χ4n) is 5.33. The number of hydrogen-bond donors (Lipinski definition) is 0. The molecule has 2 nitrogen and oxygen atoms in total. The average molecular weight is 423 g/mol. The van der Waals surface area contributed by atoms with E-state index in [2.05, 4.69) is 125 Å². The molecule has 154 valence electrons. The van der Waals surface area contributed by atoms with Crippen molar-refractivity contribution in [1.82, 2.24) is 0 Å². The van der Waals surface area contributed by atoms with E-state index in [0.717, 1.165) is 0 Å². The predicted molar refractivity (Wildman–Crippen MR) is 136 cm³/mol. The average Bonchev–Trinajstić information content (AvgIpc) is 2.87. The summed E-state index contributed by atoms with van der Waals surface area (Å²) < 4.78 is 4.29. The minimum atomic E-state index is 1.20. The van der Waals surface area contributed by atoms with Gasteiger partial charge in [0.2, 0.25) is 5.69 Å². The summed E-state index contributed by atoms with van der Waals surface area (Å²) in [7, 11) is 2.04. The Labute approximate surface area is 191 Å². The van der Waals surface area contributed by atoms with Gasteiger partial charge in [0.25, 0.3) is 0 Å². The topological polar surface area (TPSA) is 7.76 Å². The first kappa shape index (κ1) is 18.3. The molecule has 0 bridgehead atoms. The van der Waals surface area contributed by atoms with Crippen molar-refractivity contribution in [2.24, 2.45) is 7.05 Å². The Morgan fingerprint density at radius 3 is 1.64 bits per heavy atom. The molecule has 0 aliphatic heterocycles. The Hall–Kier alpha value is -4.30. The highest BCUT2D eigenvalue weighted by Crippen LogP contribution is 2.40. The second-order valence-electron chi connectivity index (χ2n) is 8.82. The largest absolute Gasteiger partial charge is 0.218 e. The molecule has 7 rings (SSSR count). The zero-order valence-corrected chi connectivity index (χ0v) is 18.4. The quantitative estimate of drug-likeness (QED) is 0.171. The van der Waals surface area contributed by atoms with Crippen LogP contribution in [0.5, 0.6) is 0 Å². The van der Waals surface area contributed by atoms with E-state index in [1.165, 1.54) is 59.9 Å². The molecule has 0 radical (unpaired) electrons. The van der Waals surface area contributed by atoms with Crippen LogP contribution in [0.25, 0.3) is 59.9 Å². The molecule has 0 fully saturated rings. The van der Waals surface area contributed by atoms with Crippen LogP contribution in [0.4, 0.5) is 0 Å². The number of fused-ring (bicyclic) bond motifs is 2. The minimum absolute atomic E-state index is 1.20. The summed E-state index contributed by atoms with van der Waals surface area (Å²) in [6, 6.07) is 33.3. The van der Waals surface area contributed by atoms with E-state index in [4.69, 9.17) is 0 Å². The van der Waals surface area contributed by atoms with Gasteiger partial charge in [-0.15, -0.1) is 0 Å². The number of benzene rings is 5. The lowest BCUT2D eigenvalue weighted by Crippen LogP contribution is -2.29. The van der Waals surface area contributed by atoms with Crippen molar-refractivity contribution in [2.45, 2.75) is 0 Å². The minimum Gasteiger partial charge on any atom is -0.208 e. The highest BCUT2D eigenvalue weighted by atomic mass is 14.9. The van der Waals surface area contributed by atoms with Crippen molar-refractivity contribution in [1.29, 1.82) is 0 Å². The maximum atomic E-state index is 2.30. The highest BCUT2D eigenvalue weighted by molar-refractivity contribution is 6.33. The molecule has 7 aromatic rings. The van der Waals surface area contributed by atoms with Crippen LogP contribution in [0.1, 0.15) is 0 Å². The lowest BCUT2D eigenvalue weighted by Gasteiger charge is -2.14. The van der Waals surface area contributed by atoms with Gasteiger partial charge in [0.1, 0.15) is 7.05 Å². The first-order chi connectivity index (χ1) is 16.3. The molecule has 0 N–H and O–H groups in total. The van der Waals surface area contributed by atoms with Gasteiger partial charge in [-0.1, -0.05) is 48.5 Å². The van der Waals surface area contributed by atoms with E-state index < -0.39 is 0 Å². The van der Waals surface area contributed by atoms with Crippen molar-refractivity contribution in [3.63, 3.8) is 0 Å². The SMILES string of the molecule is C[n+]1ccc(-c2cc[n+](-c3ccc4c5cccc6cccc(c7cccc3c74)c65)cc2)cc1. The zero-order valence-electron chi connectivity index (χ0n) is 18.4. The Morgan fingerprint density at radius 2 is 0.970 bits per heavy atom. The number of hydrogen-bond acceptors (Lipinski definition) is 0. The summed E-state index contributed by atoms with van der Waals surface area (Å²) in [4.78, 5) is 0. The first-order valence-corrected chi connectivity index (χ1v) is 11.3. The summed E-state index contributed by atoms with van der Waals surface area (Å²) in [6.07, 6.45) is 8.51. The van der Waals surface area contributed by atoms with Crippen LogP contribution in [0.15, 0.2) is 116 Å². The predicted octanol–water partition coefficient (Wildman–Crippen LogP) is 6.51. The molecule has 0 saturated carbocycles. The van der Waals surface area contributed by atoms with Gasteiger partial charge in [-0.2, -0.15) is 4.57 Å². The van der Waals surface area contributed by atoms with Crippen LogP contribution in [0.2, 0.25) is 0 Å². The Balaban J connectivity index is 1.48. The molecule has 0 amide bonds. The fraction of sp³-hybridized carbons (Fsp3) is 0.0323. The van der Waals surface area contributed by atoms with Crippen molar-refractivity contribution in [3.8, 4) is 16.8 Å². The molecule has 0 atom stereocenters. The van der Waals surface area contributed by atoms with Crippen LogP contribution in [0, 0.1) is 0 Å². The second kappa shape index (κ2) is 6.85. The van der Waals surface area contributed by atoms with E-state index in [1.54, 1.807) is 0 Å². The Morgan fingerprint density at radius 1 is 0.455 bits per heavy atom. The van der Waals surface area contributed by atoms with Crippen LogP contribution in [0.3, 0.4) is 0 Å². The van der Waals surface area contributed by atoms with Crippen LogP contribution in [-0.4, -0.2) is 0 Å². The molecule has 0 aliphatic carbocycles. The third-order valence-electron chi connectivity index (χ3n) is 6.92. The number of aromatic nitrogens is 2. The van der Waals surface area contributed by atoms with Crippen LogP contribution in [-0.2, 0) is 7.05 Å². The molecule has 2 aromatic heterocycles. The van der Waals surface area contributed by atoms with Gasteiger partial charge in [-0.25, -0.2) is 4.57 Å². The smallest absolute Gasteiger partial charge is 0.208 e. The molecule has 2 heteroatoms. The van der Waals surface area contributed by atoms with Crippen LogP contribution < -0.4 is 9.13 Å². The molecular formula is C31H22N2+2. The van der Waals surface area contributed by atoms with Gasteiger partial charge in [0.05, 0.1) is 5.39 Å². The summed E-state index contributed by atoms with van der Waals surface area (Å²) in [5.74, 6) is 0. The van der Waals surface area contributed by atoms with E-state index in [0.29, 0.717) is 0 Å². The molecule has 33 heavy (non-hydrogen) atoms. The Kier molecular flexibility index (Phi) is 3.80. The number of nitrogens with zero attached hydrogens (tertiary/aromatic N) is 2. The van der Waals surface area contributed by atoms with Gasteiger partial charge < -0.3 is 0 Å². The zero-order chi connectivity index (χ0) is 21.9. The molecule has 2 heterocycles. The number of rotatable bonds is 2. The summed E-state index contributed by atoms with van der Waals surface area (Å²) in [5.41, 5.74) is 3.64. The number of pyridine rings is 2. The summed E-state index contributed by atoms with van der Waals surface area (Å²) in [5, 5.41) is 10.6. The number of aryl methyl sites for hydroxylation is 1. The Bertz CT molecular complexity index is 1750. The van der Waals surface area contributed by atoms with Crippen molar-refractivity contribution < 1.29 is 9.13 Å². The molecule has 5 aromatic carbocycles. The lowest BCUT2D eigenvalue weighted by molar-refractivity contribution is -0.671. The van der Waals surface area contributed by atoms with Gasteiger partial charge in [-0.05, 0) is 55.6 Å². The normalized spacial score (nSPS) is 11.8. The summed E-state index contributed by atoms with van der Waals surface area (Å²) in [6.45, 7) is 0. The maximum absolute atomic E-state index is 2.30. The standard InChI is InChI=1S/C31H22N2/c1-32-17-13-21(14-18-32)22-15-19-33(20-16-22)29-12-11-27-25-8-3-6-23-5-2-7-24(30(23)25)26-9-4-10-28(29)31(26)27/h2-20H,1H3/q+2. The summed E-state index contributed by atoms with van der Waals surface area (Å²) >= 11 is 0. The highest BCUT2D eigenvalue weighted by Gasteiger charge is 2.18. The molecule has 0 saturated heterocycles. The lowest BCUT2D eigenvalue weighted by atomic mass is 9.89. The van der Waals surface area contributed by atoms with E-state index in [1.807, 2.05) is 7.05 Å². The van der Waals surface area contributed by atoms with Crippen molar-refractivity contribution in [3.05, 3.63) is 116 Å².